The van der Waals surface area contributed by atoms with Crippen molar-refractivity contribution in [2.75, 3.05) is 6.54 Å². The molecule has 1 heterocycles. The summed E-state index contributed by atoms with van der Waals surface area (Å²) < 4.78 is 0. The molecule has 76 valence electrons. The summed E-state index contributed by atoms with van der Waals surface area (Å²) in [4.78, 5) is 19.1. The van der Waals surface area contributed by atoms with E-state index in [0.717, 1.165) is 6.42 Å². The molecule has 0 aliphatic carbocycles. The van der Waals surface area contributed by atoms with Gasteiger partial charge in [0.15, 0.2) is 0 Å². The summed E-state index contributed by atoms with van der Waals surface area (Å²) in [6.45, 7) is 4.39. The van der Waals surface area contributed by atoms with Crippen LogP contribution in [0.2, 0.25) is 5.28 Å². The number of aromatic nitrogens is 2. The Morgan fingerprint density at radius 3 is 2.86 bits per heavy atom. The van der Waals surface area contributed by atoms with Crippen LogP contribution in [0, 0.1) is 6.92 Å². The number of halogens is 1. The lowest BCUT2D eigenvalue weighted by atomic mass is 10.3. The SMILES string of the molecule is CCCNC(=O)c1cc(C)nc(Cl)n1. The van der Waals surface area contributed by atoms with Gasteiger partial charge in [-0.05, 0) is 31.0 Å². The molecule has 4 nitrogen and oxygen atoms in total. The summed E-state index contributed by atoms with van der Waals surface area (Å²) >= 11 is 5.63. The molecule has 0 aliphatic rings. The molecule has 1 N–H and O–H groups in total. The van der Waals surface area contributed by atoms with Gasteiger partial charge in [0, 0.05) is 12.2 Å². The lowest BCUT2D eigenvalue weighted by Gasteiger charge is -2.03. The van der Waals surface area contributed by atoms with E-state index >= 15 is 0 Å². The second kappa shape index (κ2) is 4.91. The molecule has 0 saturated carbocycles. The molecular formula is C9H12ClN3O. The molecule has 0 atom stereocenters. The van der Waals surface area contributed by atoms with Crippen molar-refractivity contribution in [3.63, 3.8) is 0 Å². The van der Waals surface area contributed by atoms with Crippen LogP contribution in [0.4, 0.5) is 0 Å². The van der Waals surface area contributed by atoms with E-state index in [4.69, 9.17) is 11.6 Å². The normalized spacial score (nSPS) is 9.93. The number of hydrogen-bond donors (Lipinski definition) is 1. The van der Waals surface area contributed by atoms with E-state index in [2.05, 4.69) is 15.3 Å². The average Bonchev–Trinajstić information content (AvgIpc) is 2.12. The van der Waals surface area contributed by atoms with Gasteiger partial charge in [-0.25, -0.2) is 9.97 Å². The van der Waals surface area contributed by atoms with Crippen LogP contribution in [-0.2, 0) is 0 Å². The van der Waals surface area contributed by atoms with Crippen molar-refractivity contribution in [2.24, 2.45) is 0 Å². The number of rotatable bonds is 3. The number of nitrogens with one attached hydrogen (secondary N) is 1. The van der Waals surface area contributed by atoms with Crippen LogP contribution in [0.5, 0.6) is 0 Å². The molecule has 14 heavy (non-hydrogen) atoms. The van der Waals surface area contributed by atoms with E-state index < -0.39 is 0 Å². The summed E-state index contributed by atoms with van der Waals surface area (Å²) in [5.41, 5.74) is 1.00. The Labute approximate surface area is 87.7 Å². The monoisotopic (exact) mass is 213 g/mol. The van der Waals surface area contributed by atoms with Gasteiger partial charge >= 0.3 is 0 Å². The van der Waals surface area contributed by atoms with Gasteiger partial charge in [-0.2, -0.15) is 0 Å². The van der Waals surface area contributed by atoms with Crippen molar-refractivity contribution in [3.8, 4) is 0 Å². The largest absolute Gasteiger partial charge is 0.351 e. The number of carbonyl (C=O) groups is 1. The molecule has 1 aromatic heterocycles. The van der Waals surface area contributed by atoms with Crippen LogP contribution in [0.25, 0.3) is 0 Å². The highest BCUT2D eigenvalue weighted by molar-refractivity contribution is 6.28. The first-order valence-corrected chi connectivity index (χ1v) is 4.80. The van der Waals surface area contributed by atoms with Crippen LogP contribution >= 0.6 is 11.6 Å². The maximum absolute atomic E-state index is 11.4. The van der Waals surface area contributed by atoms with Crippen LogP contribution < -0.4 is 5.32 Å². The van der Waals surface area contributed by atoms with Gasteiger partial charge in [0.2, 0.25) is 5.28 Å². The van der Waals surface area contributed by atoms with Crippen molar-refractivity contribution >= 4 is 17.5 Å². The molecular weight excluding hydrogens is 202 g/mol. The van der Waals surface area contributed by atoms with Gasteiger partial charge in [0.1, 0.15) is 5.69 Å². The first-order valence-electron chi connectivity index (χ1n) is 4.43. The average molecular weight is 214 g/mol. The lowest BCUT2D eigenvalue weighted by molar-refractivity contribution is 0.0948. The number of carbonyl (C=O) groups excluding carboxylic acids is 1. The van der Waals surface area contributed by atoms with Gasteiger partial charge < -0.3 is 5.32 Å². The first kappa shape index (κ1) is 10.9. The molecule has 1 amide bonds. The fraction of sp³-hybridized carbons (Fsp3) is 0.444. The van der Waals surface area contributed by atoms with Gasteiger partial charge in [-0.1, -0.05) is 6.92 Å². The minimum Gasteiger partial charge on any atom is -0.351 e. The zero-order valence-corrected chi connectivity index (χ0v) is 8.93. The Morgan fingerprint density at radius 2 is 2.29 bits per heavy atom. The van der Waals surface area contributed by atoms with Crippen molar-refractivity contribution in [1.29, 1.82) is 0 Å². The predicted octanol–water partition coefficient (Wildman–Crippen LogP) is 1.58. The third-order valence-electron chi connectivity index (χ3n) is 1.60. The van der Waals surface area contributed by atoms with E-state index in [0.29, 0.717) is 17.9 Å². The predicted molar refractivity (Wildman–Crippen MR) is 54.4 cm³/mol. The molecule has 0 saturated heterocycles. The van der Waals surface area contributed by atoms with Crippen LogP contribution in [0.1, 0.15) is 29.5 Å². The molecule has 5 heteroatoms. The summed E-state index contributed by atoms with van der Waals surface area (Å²) in [5.74, 6) is -0.209. The summed E-state index contributed by atoms with van der Waals surface area (Å²) in [5, 5.41) is 2.82. The first-order chi connectivity index (χ1) is 6.63. The Kier molecular flexibility index (Phi) is 3.83. The molecule has 0 fully saturated rings. The molecule has 0 aromatic carbocycles. The minimum absolute atomic E-state index is 0.103. The molecule has 1 rings (SSSR count). The third kappa shape index (κ3) is 2.96. The number of nitrogens with zero attached hydrogens (tertiary/aromatic N) is 2. The highest BCUT2D eigenvalue weighted by atomic mass is 35.5. The summed E-state index contributed by atoms with van der Waals surface area (Å²) in [6, 6.07) is 1.61. The maximum atomic E-state index is 11.4. The van der Waals surface area contributed by atoms with Crippen LogP contribution in [0.3, 0.4) is 0 Å². The highest BCUT2D eigenvalue weighted by Crippen LogP contribution is 2.04. The second-order valence-electron chi connectivity index (χ2n) is 2.92. The Hall–Kier alpha value is -1.16. The highest BCUT2D eigenvalue weighted by Gasteiger charge is 2.08. The lowest BCUT2D eigenvalue weighted by Crippen LogP contribution is -2.25. The van der Waals surface area contributed by atoms with Gasteiger partial charge in [0.25, 0.3) is 5.91 Å². The zero-order valence-electron chi connectivity index (χ0n) is 8.17. The van der Waals surface area contributed by atoms with E-state index in [-0.39, 0.29) is 11.2 Å². The Morgan fingerprint density at radius 1 is 1.57 bits per heavy atom. The topological polar surface area (TPSA) is 54.9 Å². The van der Waals surface area contributed by atoms with Crippen LogP contribution in [-0.4, -0.2) is 22.4 Å². The Bertz CT molecular complexity index is 321. The van der Waals surface area contributed by atoms with Crippen LogP contribution in [0.15, 0.2) is 6.07 Å². The van der Waals surface area contributed by atoms with Crippen molar-refractivity contribution in [2.45, 2.75) is 20.3 Å². The van der Waals surface area contributed by atoms with Crippen molar-refractivity contribution < 1.29 is 4.79 Å². The molecule has 0 unspecified atom stereocenters. The summed E-state index contributed by atoms with van der Waals surface area (Å²) in [6.07, 6.45) is 0.892. The molecule has 1 aromatic rings. The van der Waals surface area contributed by atoms with E-state index in [1.807, 2.05) is 6.92 Å². The quantitative estimate of drug-likeness (QED) is 0.776. The number of hydrogen-bond acceptors (Lipinski definition) is 3. The molecule has 0 bridgehead atoms. The molecule has 0 spiro atoms. The molecule has 0 radical (unpaired) electrons. The second-order valence-corrected chi connectivity index (χ2v) is 3.26. The smallest absolute Gasteiger partial charge is 0.270 e. The minimum atomic E-state index is -0.209. The fourth-order valence-electron chi connectivity index (χ4n) is 0.978. The van der Waals surface area contributed by atoms with E-state index in [9.17, 15) is 4.79 Å². The van der Waals surface area contributed by atoms with Gasteiger partial charge in [0.05, 0.1) is 0 Å². The Balaban J connectivity index is 2.79. The van der Waals surface area contributed by atoms with Crippen molar-refractivity contribution in [1.82, 2.24) is 15.3 Å². The standard InChI is InChI=1S/C9H12ClN3O/c1-3-4-11-8(14)7-5-6(2)12-9(10)13-7/h5H,3-4H2,1-2H3,(H,11,14). The van der Waals surface area contributed by atoms with E-state index in [1.165, 1.54) is 0 Å². The molecule has 0 aliphatic heterocycles. The number of aryl methyl sites for hydroxylation is 1. The van der Waals surface area contributed by atoms with Gasteiger partial charge in [-0.15, -0.1) is 0 Å². The van der Waals surface area contributed by atoms with Crippen molar-refractivity contribution in [3.05, 3.63) is 22.7 Å². The number of amides is 1. The van der Waals surface area contributed by atoms with E-state index in [1.54, 1.807) is 13.0 Å². The fourth-order valence-corrected chi connectivity index (χ4v) is 1.20. The van der Waals surface area contributed by atoms with Gasteiger partial charge in [-0.3, -0.25) is 4.79 Å². The summed E-state index contributed by atoms with van der Waals surface area (Å²) in [7, 11) is 0. The third-order valence-corrected chi connectivity index (χ3v) is 1.76. The maximum Gasteiger partial charge on any atom is 0.270 e. The zero-order chi connectivity index (χ0) is 10.6.